The highest BCUT2D eigenvalue weighted by molar-refractivity contribution is 5.26. The van der Waals surface area contributed by atoms with Crippen LogP contribution in [0.1, 0.15) is 18.6 Å². The molecule has 98 valence electrons. The van der Waals surface area contributed by atoms with Crippen LogP contribution in [0.25, 0.3) is 0 Å². The van der Waals surface area contributed by atoms with Gasteiger partial charge in [0, 0.05) is 18.6 Å². The molecule has 0 fully saturated rings. The van der Waals surface area contributed by atoms with Crippen molar-refractivity contribution in [2.75, 3.05) is 7.11 Å². The van der Waals surface area contributed by atoms with Crippen molar-refractivity contribution in [1.29, 1.82) is 0 Å². The van der Waals surface area contributed by atoms with E-state index in [1.54, 1.807) is 31.4 Å². The van der Waals surface area contributed by atoms with Crippen LogP contribution in [0, 0.1) is 11.7 Å². The quantitative estimate of drug-likeness (QED) is 0.785. The van der Waals surface area contributed by atoms with Gasteiger partial charge in [0.2, 0.25) is 0 Å². The van der Waals surface area contributed by atoms with Gasteiger partial charge in [-0.15, -0.1) is 6.58 Å². The molecule has 1 aromatic carbocycles. The molecular formula is C15H19FO2. The first kappa shape index (κ1) is 14.6. The molecule has 1 N–H and O–H groups in total. The number of aliphatic hydroxyl groups excluding tert-OH is 1. The zero-order valence-corrected chi connectivity index (χ0v) is 10.8. The molecule has 0 aliphatic rings. The lowest BCUT2D eigenvalue weighted by Gasteiger charge is -2.25. The molecule has 0 saturated heterocycles. The number of methoxy groups -OCH3 is 1. The molecule has 2 nitrogen and oxygen atoms in total. The minimum absolute atomic E-state index is 0.227. The van der Waals surface area contributed by atoms with Gasteiger partial charge in [-0.3, -0.25) is 0 Å². The van der Waals surface area contributed by atoms with Gasteiger partial charge in [-0.2, -0.15) is 0 Å². The molecule has 0 heterocycles. The van der Waals surface area contributed by atoms with Gasteiger partial charge in [-0.25, -0.2) is 4.39 Å². The summed E-state index contributed by atoms with van der Waals surface area (Å²) < 4.78 is 18.8. The molecule has 18 heavy (non-hydrogen) atoms. The molecular weight excluding hydrogens is 231 g/mol. The van der Waals surface area contributed by atoms with Crippen LogP contribution in [0.5, 0.6) is 0 Å². The van der Waals surface area contributed by atoms with Crippen LogP contribution in [0.4, 0.5) is 4.39 Å². The van der Waals surface area contributed by atoms with Crippen molar-refractivity contribution in [3.63, 3.8) is 0 Å². The monoisotopic (exact) mass is 250 g/mol. The number of hydrogen-bond donors (Lipinski definition) is 1. The molecule has 0 spiro atoms. The van der Waals surface area contributed by atoms with Crippen molar-refractivity contribution >= 4 is 0 Å². The summed E-state index contributed by atoms with van der Waals surface area (Å²) in [5, 5.41) is 10.2. The Kier molecular flexibility index (Phi) is 5.25. The third kappa shape index (κ3) is 3.06. The Morgan fingerprint density at radius 2 is 2.06 bits per heavy atom. The summed E-state index contributed by atoms with van der Waals surface area (Å²) in [5.41, 5.74) is 0.912. The Labute approximate surface area is 107 Å². The summed E-state index contributed by atoms with van der Waals surface area (Å²) in [6.07, 6.45) is 0.331. The molecule has 0 aliphatic heterocycles. The topological polar surface area (TPSA) is 29.5 Å². The first-order valence-electron chi connectivity index (χ1n) is 5.79. The minimum Gasteiger partial charge on any atom is -0.387 e. The van der Waals surface area contributed by atoms with Crippen LogP contribution in [0.15, 0.2) is 49.1 Å². The lowest BCUT2D eigenvalue weighted by atomic mass is 9.87. The highest BCUT2D eigenvalue weighted by Gasteiger charge is 2.25. The number of hydrogen-bond acceptors (Lipinski definition) is 2. The maximum absolute atomic E-state index is 13.6. The second-order valence-corrected chi connectivity index (χ2v) is 4.18. The minimum atomic E-state index is -1.01. The average Bonchev–Trinajstić information content (AvgIpc) is 2.38. The van der Waals surface area contributed by atoms with Gasteiger partial charge >= 0.3 is 0 Å². The van der Waals surface area contributed by atoms with Crippen LogP contribution in [0.3, 0.4) is 0 Å². The van der Waals surface area contributed by atoms with E-state index in [1.165, 1.54) is 6.07 Å². The van der Waals surface area contributed by atoms with Gasteiger partial charge in [-0.1, -0.05) is 30.9 Å². The van der Waals surface area contributed by atoms with Crippen molar-refractivity contribution in [3.05, 3.63) is 60.5 Å². The first-order valence-corrected chi connectivity index (χ1v) is 5.79. The van der Waals surface area contributed by atoms with E-state index in [0.717, 1.165) is 0 Å². The maximum atomic E-state index is 13.6. The molecule has 0 radical (unpaired) electrons. The summed E-state index contributed by atoms with van der Waals surface area (Å²) in [4.78, 5) is 0. The zero-order valence-electron chi connectivity index (χ0n) is 10.8. The van der Waals surface area contributed by atoms with Crippen LogP contribution in [0.2, 0.25) is 0 Å². The molecule has 3 atom stereocenters. The number of rotatable bonds is 6. The van der Waals surface area contributed by atoms with Crippen LogP contribution in [-0.4, -0.2) is 18.3 Å². The first-order chi connectivity index (χ1) is 8.52. The summed E-state index contributed by atoms with van der Waals surface area (Å²) >= 11 is 0. The van der Waals surface area contributed by atoms with Gasteiger partial charge in [0.25, 0.3) is 0 Å². The van der Waals surface area contributed by atoms with E-state index < -0.39 is 17.8 Å². The molecule has 0 bridgehead atoms. The number of ether oxygens (including phenoxy) is 1. The van der Waals surface area contributed by atoms with Crippen LogP contribution < -0.4 is 0 Å². The summed E-state index contributed by atoms with van der Waals surface area (Å²) in [5.74, 6) is -0.883. The van der Waals surface area contributed by atoms with E-state index >= 15 is 0 Å². The van der Waals surface area contributed by atoms with Gasteiger partial charge in [0.15, 0.2) is 0 Å². The summed E-state index contributed by atoms with van der Waals surface area (Å²) in [6.45, 7) is 9.40. The number of halogens is 1. The van der Waals surface area contributed by atoms with Gasteiger partial charge in [0.1, 0.15) is 5.82 Å². The highest BCUT2D eigenvalue weighted by atomic mass is 19.1. The van der Waals surface area contributed by atoms with E-state index in [1.807, 2.05) is 6.92 Å². The fraction of sp³-hybridized carbons (Fsp3) is 0.333. The van der Waals surface area contributed by atoms with E-state index in [2.05, 4.69) is 13.2 Å². The Morgan fingerprint density at radius 3 is 2.56 bits per heavy atom. The smallest absolute Gasteiger partial charge is 0.129 e. The second-order valence-electron chi connectivity index (χ2n) is 4.18. The van der Waals surface area contributed by atoms with Crippen LogP contribution in [-0.2, 0) is 4.74 Å². The van der Waals surface area contributed by atoms with Gasteiger partial charge < -0.3 is 9.84 Å². The molecule has 0 aliphatic carbocycles. The van der Waals surface area contributed by atoms with E-state index in [0.29, 0.717) is 5.57 Å². The summed E-state index contributed by atoms with van der Waals surface area (Å²) in [7, 11) is 1.56. The van der Waals surface area contributed by atoms with Crippen LogP contribution >= 0.6 is 0 Å². The normalized spacial score (nSPS) is 15.8. The van der Waals surface area contributed by atoms with Crippen molar-refractivity contribution in [1.82, 2.24) is 0 Å². The Bertz CT molecular complexity index is 428. The third-order valence-electron chi connectivity index (χ3n) is 3.12. The predicted molar refractivity (Wildman–Crippen MR) is 70.7 cm³/mol. The fourth-order valence-electron chi connectivity index (χ4n) is 1.81. The van der Waals surface area contributed by atoms with Crippen molar-refractivity contribution in [2.45, 2.75) is 19.1 Å². The Hall–Kier alpha value is -1.45. The number of benzene rings is 1. The van der Waals surface area contributed by atoms with E-state index in [9.17, 15) is 9.50 Å². The molecule has 0 unspecified atom stereocenters. The SMILES string of the molecule is C=C[C@H](C(=C)[C@@H](C)OC)[C@H](O)c1ccccc1F. The van der Waals surface area contributed by atoms with E-state index in [-0.39, 0.29) is 11.7 Å². The van der Waals surface area contributed by atoms with E-state index in [4.69, 9.17) is 4.74 Å². The third-order valence-corrected chi connectivity index (χ3v) is 3.12. The average molecular weight is 250 g/mol. The van der Waals surface area contributed by atoms with Crippen molar-refractivity contribution < 1.29 is 14.2 Å². The van der Waals surface area contributed by atoms with Gasteiger partial charge in [-0.05, 0) is 18.6 Å². The Balaban J connectivity index is 3.00. The highest BCUT2D eigenvalue weighted by Crippen LogP contribution is 2.31. The Morgan fingerprint density at radius 1 is 1.44 bits per heavy atom. The lowest BCUT2D eigenvalue weighted by Crippen LogP contribution is -2.21. The van der Waals surface area contributed by atoms with Crippen molar-refractivity contribution in [2.24, 2.45) is 5.92 Å². The van der Waals surface area contributed by atoms with Crippen molar-refractivity contribution in [3.8, 4) is 0 Å². The number of aliphatic hydroxyl groups is 1. The molecule has 0 amide bonds. The molecule has 3 heteroatoms. The predicted octanol–water partition coefficient (Wildman–Crippen LogP) is 3.25. The van der Waals surface area contributed by atoms with Gasteiger partial charge in [0.05, 0.1) is 12.2 Å². The largest absolute Gasteiger partial charge is 0.387 e. The zero-order chi connectivity index (χ0) is 13.7. The standard InChI is InChI=1S/C15H19FO2/c1-5-12(10(2)11(3)18-4)15(17)13-8-6-7-9-14(13)16/h5-9,11-12,15,17H,1-2H2,3-4H3/t11-,12-,15+/m1/s1. The molecule has 0 aromatic heterocycles. The second kappa shape index (κ2) is 6.47. The lowest BCUT2D eigenvalue weighted by molar-refractivity contribution is 0.103. The molecule has 0 saturated carbocycles. The molecule has 1 rings (SSSR count). The summed E-state index contributed by atoms with van der Waals surface area (Å²) in [6, 6.07) is 6.15. The fourth-order valence-corrected chi connectivity index (χ4v) is 1.81. The maximum Gasteiger partial charge on any atom is 0.129 e. The molecule has 1 aromatic rings.